The molecule has 0 saturated carbocycles. The molecular weight excluding hydrogens is 311 g/mol. The Labute approximate surface area is 122 Å². The lowest BCUT2D eigenvalue weighted by atomic mass is 10.1. The van der Waals surface area contributed by atoms with Crippen molar-refractivity contribution in [2.75, 3.05) is 18.2 Å². The van der Waals surface area contributed by atoms with Crippen LogP contribution in [0.2, 0.25) is 0 Å². The van der Waals surface area contributed by atoms with Crippen LogP contribution in [0.25, 0.3) is 0 Å². The summed E-state index contributed by atoms with van der Waals surface area (Å²) in [6.45, 7) is 3.02. The Bertz CT molecular complexity index is 556. The van der Waals surface area contributed by atoms with E-state index in [0.29, 0.717) is 0 Å². The van der Waals surface area contributed by atoms with Crippen molar-refractivity contribution in [1.82, 2.24) is 0 Å². The molecule has 0 N–H and O–H groups in total. The zero-order valence-electron chi connectivity index (χ0n) is 11.6. The van der Waals surface area contributed by atoms with Gasteiger partial charge in [-0.1, -0.05) is 0 Å². The van der Waals surface area contributed by atoms with E-state index >= 15 is 0 Å². The van der Waals surface area contributed by atoms with Crippen molar-refractivity contribution in [2.24, 2.45) is 0 Å². The smallest absolute Gasteiger partial charge is 0.273 e. The van der Waals surface area contributed by atoms with E-state index in [1.165, 1.54) is 13.8 Å². The third-order valence-electron chi connectivity index (χ3n) is 2.61. The van der Waals surface area contributed by atoms with Crippen LogP contribution in [0.15, 0.2) is 12.1 Å². The zero-order valence-corrected chi connectivity index (χ0v) is 11.6. The summed E-state index contributed by atoms with van der Waals surface area (Å²) >= 11 is 0. The molecule has 0 radical (unpaired) electrons. The number of alkyl halides is 3. The first-order valence-electron chi connectivity index (χ1n) is 6.07. The Morgan fingerprint density at radius 1 is 1.14 bits per heavy atom. The molecule has 0 amide bonds. The van der Waals surface area contributed by atoms with E-state index < -0.39 is 38.6 Å². The fourth-order valence-electron chi connectivity index (χ4n) is 1.77. The van der Waals surface area contributed by atoms with E-state index in [2.05, 4.69) is 0 Å². The molecule has 0 fully saturated rings. The first kappa shape index (κ1) is 17.6. The van der Waals surface area contributed by atoms with Crippen molar-refractivity contribution in [3.8, 4) is 0 Å². The van der Waals surface area contributed by atoms with Crippen LogP contribution in [0.4, 0.5) is 30.2 Å². The molecular formula is C11H12F3N3O5. The molecule has 0 heterocycles. The van der Waals surface area contributed by atoms with Crippen LogP contribution < -0.4 is 5.06 Å². The Kier molecular flexibility index (Phi) is 5.25. The number of hydrogen-bond acceptors (Lipinski definition) is 6. The Morgan fingerprint density at radius 2 is 1.59 bits per heavy atom. The molecule has 0 aromatic heterocycles. The molecule has 22 heavy (non-hydrogen) atoms. The lowest BCUT2D eigenvalue weighted by Gasteiger charge is -2.21. The summed E-state index contributed by atoms with van der Waals surface area (Å²) in [5.74, 6) is 0. The van der Waals surface area contributed by atoms with Gasteiger partial charge in [-0.3, -0.25) is 25.1 Å². The van der Waals surface area contributed by atoms with Gasteiger partial charge in [-0.2, -0.15) is 13.2 Å². The van der Waals surface area contributed by atoms with Gasteiger partial charge in [0.1, 0.15) is 0 Å². The predicted octanol–water partition coefficient (Wildman–Crippen LogP) is 3.30. The molecule has 122 valence electrons. The minimum atomic E-state index is -4.95. The number of nitro groups is 2. The number of hydroxylamine groups is 1. The van der Waals surface area contributed by atoms with Gasteiger partial charge < -0.3 is 0 Å². The van der Waals surface area contributed by atoms with E-state index in [1.54, 1.807) is 0 Å². The van der Waals surface area contributed by atoms with Crippen molar-refractivity contribution < 1.29 is 27.9 Å². The summed E-state index contributed by atoms with van der Waals surface area (Å²) < 4.78 is 38.2. The average molecular weight is 323 g/mol. The molecule has 0 unspecified atom stereocenters. The summed E-state index contributed by atoms with van der Waals surface area (Å²) in [7, 11) is 0. The number of rotatable bonds is 6. The molecule has 0 aliphatic carbocycles. The maximum Gasteiger partial charge on any atom is 0.416 e. The third kappa shape index (κ3) is 3.61. The van der Waals surface area contributed by atoms with Gasteiger partial charge in [0.15, 0.2) is 0 Å². The van der Waals surface area contributed by atoms with Crippen LogP contribution in [-0.4, -0.2) is 23.0 Å². The Hall–Kier alpha value is -2.43. The highest BCUT2D eigenvalue weighted by Crippen LogP contribution is 2.43. The van der Waals surface area contributed by atoms with E-state index in [-0.39, 0.29) is 25.3 Å². The Balaban J connectivity index is 3.71. The second kappa shape index (κ2) is 6.56. The fourth-order valence-corrected chi connectivity index (χ4v) is 1.77. The van der Waals surface area contributed by atoms with Crippen LogP contribution in [-0.2, 0) is 11.0 Å². The number of anilines is 1. The summed E-state index contributed by atoms with van der Waals surface area (Å²) in [6.07, 6.45) is -4.95. The first-order valence-corrected chi connectivity index (χ1v) is 6.07. The minimum absolute atomic E-state index is 0.0269. The Morgan fingerprint density at radius 3 is 1.86 bits per heavy atom. The van der Waals surface area contributed by atoms with Gasteiger partial charge in [0.25, 0.3) is 0 Å². The number of benzene rings is 1. The normalized spacial score (nSPS) is 11.3. The SMILES string of the molecule is CCON(CC)c1c([N+](=O)[O-])cc(C(F)(F)F)cc1[N+](=O)[O-]. The van der Waals surface area contributed by atoms with E-state index in [0.717, 1.165) is 5.06 Å². The number of hydrogen-bond donors (Lipinski definition) is 0. The van der Waals surface area contributed by atoms with Gasteiger partial charge in [-0.05, 0) is 13.8 Å². The lowest BCUT2D eigenvalue weighted by molar-refractivity contribution is -0.393. The number of nitrogens with zero attached hydrogens (tertiary/aromatic N) is 3. The van der Waals surface area contributed by atoms with Gasteiger partial charge >= 0.3 is 17.6 Å². The summed E-state index contributed by atoms with van der Waals surface area (Å²) in [6, 6.07) is 0.508. The van der Waals surface area contributed by atoms with Gasteiger partial charge in [-0.15, -0.1) is 0 Å². The van der Waals surface area contributed by atoms with Crippen molar-refractivity contribution >= 4 is 17.1 Å². The second-order valence-electron chi connectivity index (χ2n) is 3.99. The van der Waals surface area contributed by atoms with Crippen molar-refractivity contribution in [1.29, 1.82) is 0 Å². The van der Waals surface area contributed by atoms with E-state index in [9.17, 15) is 33.4 Å². The van der Waals surface area contributed by atoms with Crippen LogP contribution >= 0.6 is 0 Å². The molecule has 1 rings (SSSR count). The van der Waals surface area contributed by atoms with Crippen LogP contribution in [0.5, 0.6) is 0 Å². The summed E-state index contributed by atoms with van der Waals surface area (Å²) in [5, 5.41) is 22.9. The molecule has 0 spiro atoms. The topological polar surface area (TPSA) is 98.8 Å². The highest BCUT2D eigenvalue weighted by Gasteiger charge is 2.39. The van der Waals surface area contributed by atoms with Crippen LogP contribution in [0, 0.1) is 20.2 Å². The summed E-state index contributed by atoms with van der Waals surface area (Å²) in [4.78, 5) is 24.9. The number of halogens is 3. The molecule has 11 heteroatoms. The predicted molar refractivity (Wildman–Crippen MR) is 69.4 cm³/mol. The lowest BCUT2D eigenvalue weighted by Crippen LogP contribution is -2.25. The highest BCUT2D eigenvalue weighted by atomic mass is 19.4. The largest absolute Gasteiger partial charge is 0.416 e. The molecule has 0 bridgehead atoms. The molecule has 1 aromatic rings. The zero-order chi connectivity index (χ0) is 17.1. The third-order valence-corrected chi connectivity index (χ3v) is 2.61. The van der Waals surface area contributed by atoms with Crippen molar-refractivity contribution in [2.45, 2.75) is 20.0 Å². The fraction of sp³-hybridized carbons (Fsp3) is 0.455. The van der Waals surface area contributed by atoms with Gasteiger partial charge in [0.2, 0.25) is 5.69 Å². The standard InChI is InChI=1S/C11H12F3N3O5/c1-3-15(22-4-2)10-8(16(18)19)5-7(11(12,13)14)6-9(10)17(20)21/h5-6H,3-4H2,1-2H3. The first-order chi connectivity index (χ1) is 10.1. The maximum absolute atomic E-state index is 12.7. The van der Waals surface area contributed by atoms with Gasteiger partial charge in [0, 0.05) is 18.7 Å². The van der Waals surface area contributed by atoms with E-state index in [1.807, 2.05) is 0 Å². The summed E-state index contributed by atoms with van der Waals surface area (Å²) in [5.41, 5.74) is -4.18. The number of nitro benzene ring substituents is 2. The van der Waals surface area contributed by atoms with Gasteiger partial charge in [0.05, 0.1) is 22.0 Å². The quantitative estimate of drug-likeness (QED) is 0.588. The van der Waals surface area contributed by atoms with Crippen molar-refractivity contribution in [3.05, 3.63) is 37.9 Å². The minimum Gasteiger partial charge on any atom is -0.273 e. The van der Waals surface area contributed by atoms with Gasteiger partial charge in [-0.25, -0.2) is 5.06 Å². The molecule has 0 saturated heterocycles. The molecule has 0 aliphatic heterocycles. The molecule has 0 atom stereocenters. The second-order valence-corrected chi connectivity index (χ2v) is 3.99. The van der Waals surface area contributed by atoms with Crippen LogP contribution in [0.3, 0.4) is 0 Å². The molecule has 1 aromatic carbocycles. The van der Waals surface area contributed by atoms with E-state index in [4.69, 9.17) is 4.84 Å². The molecule has 0 aliphatic rings. The average Bonchev–Trinajstić information content (AvgIpc) is 2.42. The molecule has 8 nitrogen and oxygen atoms in total. The monoisotopic (exact) mass is 323 g/mol. The van der Waals surface area contributed by atoms with Crippen LogP contribution in [0.1, 0.15) is 19.4 Å². The highest BCUT2D eigenvalue weighted by molar-refractivity contribution is 5.75. The maximum atomic E-state index is 12.7. The van der Waals surface area contributed by atoms with Crippen molar-refractivity contribution in [3.63, 3.8) is 0 Å².